The van der Waals surface area contributed by atoms with E-state index in [2.05, 4.69) is 0 Å². The summed E-state index contributed by atoms with van der Waals surface area (Å²) >= 11 is 0. The maximum atomic E-state index is 13.9. The average molecular weight is 2030 g/mol. The van der Waals surface area contributed by atoms with Gasteiger partial charge in [-0.25, -0.2) is 0 Å². The number of ether oxygens (including phenoxy) is 12. The summed E-state index contributed by atoms with van der Waals surface area (Å²) in [5.74, 6) is -38.1. The number of Topliss-reactive ketones (excluding diaryl/α,β-unsaturated/α-hetero) is 6. The molecule has 0 amide bonds. The van der Waals surface area contributed by atoms with Gasteiger partial charge < -0.3 is 56.8 Å². The van der Waals surface area contributed by atoms with Crippen molar-refractivity contribution in [2.24, 2.45) is 70.8 Å². The normalized spacial score (nSPS) is 40.6. The summed E-state index contributed by atoms with van der Waals surface area (Å²) in [6.45, 7) is -10.2. The second kappa shape index (κ2) is 50.0. The van der Waals surface area contributed by atoms with E-state index in [9.17, 15) is 28.8 Å². The van der Waals surface area contributed by atoms with Gasteiger partial charge >= 0.3 is 0 Å². The number of nitrogens with zero attached hydrogens (tertiary/aromatic N) is 6. The topological polar surface area (TPSA) is 233 Å². The Labute approximate surface area is 955 Å². The highest BCUT2D eigenvalue weighted by Gasteiger charge is 2.47. The second-order valence-corrected chi connectivity index (χ2v) is 35.8. The molecule has 12 heterocycles. The molecule has 6 fully saturated rings. The third-order valence-corrected chi connectivity index (χ3v) is 25.5. The van der Waals surface area contributed by atoms with Gasteiger partial charge in [-0.15, -0.1) is 0 Å². The van der Waals surface area contributed by atoms with Crippen LogP contribution < -0.4 is 56.8 Å². The number of benzene rings is 6. The molecule has 0 spiro atoms. The van der Waals surface area contributed by atoms with Crippen LogP contribution in [0.15, 0.2) is 72.8 Å². The summed E-state index contributed by atoms with van der Waals surface area (Å²) < 4.78 is 695. The predicted molar refractivity (Wildman–Crippen MR) is 555 cm³/mol. The fourth-order valence-corrected chi connectivity index (χ4v) is 18.7. The van der Waals surface area contributed by atoms with Crippen LogP contribution in [-0.4, -0.2) is 227 Å². The van der Waals surface area contributed by atoms with Gasteiger partial charge in [-0.1, -0.05) is 102 Å². The molecule has 0 radical (unpaired) electrons. The molecule has 0 aromatic heterocycles. The number of carbonyl (C=O) groups is 6. The molecule has 12 aliphatic heterocycles. The highest BCUT2D eigenvalue weighted by molar-refractivity contribution is 5.86. The molecule has 18 rings (SSSR count). The number of methoxy groups -OCH3 is 12. The van der Waals surface area contributed by atoms with Gasteiger partial charge in [-0.05, 0) is 252 Å². The lowest BCUT2D eigenvalue weighted by Gasteiger charge is -2.43. The highest BCUT2D eigenvalue weighted by Crippen LogP contribution is 2.51. The van der Waals surface area contributed by atoms with E-state index in [0.29, 0.717) is 91.4 Å². The lowest BCUT2D eigenvalue weighted by molar-refractivity contribution is -0.130. The summed E-state index contributed by atoms with van der Waals surface area (Å²) in [5.41, 5.74) is 3.16. The van der Waals surface area contributed by atoms with Crippen LogP contribution >= 0.6 is 0 Å². The first kappa shape index (κ1) is 45.0. The Kier molecular flexibility index (Phi) is 15.9. The largest absolute Gasteiger partial charge is 0.493 e. The number of hydrogen-bond acceptors (Lipinski definition) is 24. The molecule has 24 heteroatoms. The standard InChI is InChI=1S/3C20H29NO3.3C19H27NO3/c3*1-5-13(2)8-15-12-21-7-6-14-9-19(23-3)20(24-4)10-16(14)17(21)11-18(15)22;3*1-12(2)7-14-11-20-6-5-13-8-18(22-3)19(23-4)9-15(13)16(20)10-17(14)21/h3*9-10,13,15,17H,5-8,11-12H2,1-4H3;3*8-9,12,14,16H,5-7,10-11H2,1-4H3/i2D3,3D3,4D3,5D2,8D2,11D2,12D2,13D,15D;2D3,3D3,4D3,5D2,8D2,11D2,13D,15D;2D3,3D3,4D3,5D2,8D2,12D2,13D;3D3,4D3,10D2,11D2,14D;3D3,4D3,10D2,14D;3D3,4D3,11D2. The minimum absolute atomic E-state index is 0.000481. The zero-order valence-corrected chi connectivity index (χ0v) is 78.7. The van der Waals surface area contributed by atoms with E-state index in [0.717, 1.165) is 46.2 Å². The van der Waals surface area contributed by atoms with Crippen LogP contribution in [0.25, 0.3) is 0 Å². The zero-order chi connectivity index (χ0) is 171. The first-order valence-electron chi connectivity index (χ1n) is 85.3. The van der Waals surface area contributed by atoms with Crippen LogP contribution in [0.2, 0.25) is 0 Å². The summed E-state index contributed by atoms with van der Waals surface area (Å²) in [4.78, 5) is 87.8. The predicted octanol–water partition coefficient (Wildman–Crippen LogP) is 20.6. The molecule has 0 N–H and O–H groups in total. The monoisotopic (exact) mass is 2030 g/mol. The van der Waals surface area contributed by atoms with E-state index in [4.69, 9.17) is 167 Å². The minimum atomic E-state index is -4.20. The van der Waals surface area contributed by atoms with Crippen LogP contribution in [0.4, 0.5) is 0 Å². The van der Waals surface area contributed by atoms with E-state index in [1.165, 1.54) is 41.3 Å². The Morgan fingerprint density at radius 3 is 0.858 bits per heavy atom. The fourth-order valence-electron chi connectivity index (χ4n) is 18.7. The highest BCUT2D eigenvalue weighted by atomic mass is 16.5. The molecule has 15 atom stereocenters. The molecule has 0 aliphatic carbocycles. The molecule has 6 aromatic carbocycles. The van der Waals surface area contributed by atoms with Crippen LogP contribution in [0.5, 0.6) is 69.0 Å². The van der Waals surface area contributed by atoms with E-state index >= 15 is 0 Å². The van der Waals surface area contributed by atoms with Gasteiger partial charge in [0.2, 0.25) is 0 Å². The van der Waals surface area contributed by atoms with Crippen LogP contribution in [-0.2, 0) is 67.3 Å². The van der Waals surface area contributed by atoms with Crippen molar-refractivity contribution < 1.29 is 195 Å². The van der Waals surface area contributed by atoms with Crippen LogP contribution in [0.1, 0.15) is 391 Å². The molecule has 6 aromatic rings. The van der Waals surface area contributed by atoms with E-state index < -0.39 is 373 Å². The molecule has 12 aliphatic rings. The van der Waals surface area contributed by atoms with Crippen molar-refractivity contribution in [1.29, 1.82) is 0 Å². The van der Waals surface area contributed by atoms with Gasteiger partial charge in [-0.3, -0.25) is 58.2 Å². The molecular formula is C117H168N6O18. The Morgan fingerprint density at radius 2 is 0.539 bits per heavy atom. The first-order valence-corrected chi connectivity index (χ1v) is 45.3. The van der Waals surface area contributed by atoms with Crippen molar-refractivity contribution in [3.05, 3.63) is 140 Å². The van der Waals surface area contributed by atoms with Gasteiger partial charge in [0.15, 0.2) is 69.0 Å². The Morgan fingerprint density at radius 1 is 0.298 bits per heavy atom. The quantitative estimate of drug-likeness (QED) is 0.0466. The van der Waals surface area contributed by atoms with Gasteiger partial charge in [0.25, 0.3) is 0 Å². The maximum Gasteiger partial charge on any atom is 0.161 e. The lowest BCUT2D eigenvalue weighted by Crippen LogP contribution is -2.46. The van der Waals surface area contributed by atoms with Crippen LogP contribution in [0.3, 0.4) is 0 Å². The Hall–Kier alpha value is -9.30. The van der Waals surface area contributed by atoms with Gasteiger partial charge in [0, 0.05) is 249 Å². The molecule has 774 valence electrons. The van der Waals surface area contributed by atoms with E-state index in [-0.39, 0.29) is 157 Å². The van der Waals surface area contributed by atoms with Crippen molar-refractivity contribution >= 4 is 34.7 Å². The lowest BCUT2D eigenvalue weighted by atomic mass is 9.79. The molecule has 141 heavy (non-hydrogen) atoms. The van der Waals surface area contributed by atoms with Gasteiger partial charge in [0.05, 0.1) is 134 Å². The van der Waals surface area contributed by atoms with Crippen LogP contribution in [0, 0.1) is 70.8 Å². The molecular weight excluding hydrogens is 1780 g/mol. The third-order valence-electron chi connectivity index (χ3n) is 25.5. The summed E-state index contributed by atoms with van der Waals surface area (Å²) in [5, 5.41) is 0. The number of rotatable bonds is 27. The smallest absolute Gasteiger partial charge is 0.161 e. The number of carbonyl (C=O) groups excluding carboxylic acids is 6. The SMILES string of the molecule is [2H]C([2H])([2H])Oc1cc2c(cc1OC([2H])([2H])[2H])C1CC(=O)C(C([2H])([2H])C([2H])(C([2H])([2H])[2H])C([2H])([2H])C)C([2H])([2H])N1CC2.[2H]C([2H])([2H])Oc1cc2c(cc1OC([2H])([2H])[2H])C1CC(=O)C(CC(C)C)C([2H])([2H])N1CC2.[2H]C([2H])([2H])Oc1cc2c(cc1OC([2H])([2H])[2H])C1N(CC2)C([2H])([2H])C([2H])(C([2H])([2H])C([2H])(C([2H])([2H])[2H])C([2H])([2H])C)C(=O)C1([2H])[2H].[2H]C([2H])([2H])Oc1cc2c(cc1OC([2H])([2H])[2H])C1N(CC2)C([2H])([2H])C([2H])(CC(C)C)C(=O)C1([2H])[2H].[2H]C([2H])([2H])Oc1cc2c(cc1OC([2H])([2H])[2H])C1N(CC2)CC([2H])(C([2H])([2H])C([2H])(C([2H])([2H])[2H])C([2H])([2H])C)C(=O)C1([2H])[2H].[2H]C([2H])([2H])Oc1cc2c(cc1OC([2H])([2H])[2H])C1N(CC2)CC([2H])(CC(C)C)C(=O)C1([2H])[2H]. The molecule has 0 bridgehead atoms. The van der Waals surface area contributed by atoms with Crippen molar-refractivity contribution in [2.45, 2.75) is 253 Å². The second-order valence-electron chi connectivity index (χ2n) is 35.8. The van der Waals surface area contributed by atoms with Crippen molar-refractivity contribution in [1.82, 2.24) is 29.4 Å². The minimum Gasteiger partial charge on any atom is -0.493 e. The van der Waals surface area contributed by atoms with E-state index in [1.807, 2.05) is 27.7 Å². The number of hydrogen-bond donors (Lipinski definition) is 0. The maximum absolute atomic E-state index is 13.9. The first-order chi connectivity index (χ1) is 98.2. The average Bonchev–Trinajstić information content (AvgIpc) is 0.657. The Balaban J connectivity index is 0.000000211. The zero-order valence-electron chi connectivity index (χ0n) is 159. The fraction of sp³-hybridized carbons (Fsp3) is 0.641. The Bertz CT molecular complexity index is 8890. The van der Waals surface area contributed by atoms with Crippen molar-refractivity contribution in [2.75, 3.05) is 163 Å². The number of piperidine rings is 6. The van der Waals surface area contributed by atoms with Gasteiger partial charge in [-0.2, -0.15) is 0 Å². The number of ketones is 6. The van der Waals surface area contributed by atoms with Crippen molar-refractivity contribution in [3.63, 3.8) is 0 Å². The molecule has 24 nitrogen and oxygen atoms in total. The summed E-state index contributed by atoms with van der Waals surface area (Å²) in [7, 11) is -35.6. The third kappa shape index (κ3) is 25.6. The molecule has 0 saturated carbocycles. The molecule has 15 unspecified atom stereocenters. The van der Waals surface area contributed by atoms with Gasteiger partial charge in [0.1, 0.15) is 34.7 Å². The van der Waals surface area contributed by atoms with E-state index in [1.54, 1.807) is 23.6 Å². The summed E-state index contributed by atoms with van der Waals surface area (Å²) in [6, 6.07) is 6.24. The van der Waals surface area contributed by atoms with Crippen molar-refractivity contribution in [3.8, 4) is 69.0 Å². The number of fused-ring (bicyclic) bond motifs is 18. The summed E-state index contributed by atoms with van der Waals surface area (Å²) in [6.07, 6.45) is -32.0. The molecule has 6 saturated heterocycles.